The molecule has 0 saturated carbocycles. The average Bonchev–Trinajstić information content (AvgIpc) is 3.09. The van der Waals surface area contributed by atoms with Crippen LogP contribution >= 0.6 is 11.6 Å². The summed E-state index contributed by atoms with van der Waals surface area (Å²) >= 11 is 5.97. The molecule has 1 aromatic carbocycles. The molecule has 25 heavy (non-hydrogen) atoms. The molecule has 1 atom stereocenters. The summed E-state index contributed by atoms with van der Waals surface area (Å²) in [6.07, 6.45) is 1.05. The molecular weight excluding hydrogens is 338 g/mol. The van der Waals surface area contributed by atoms with Crippen molar-refractivity contribution in [2.24, 2.45) is 0 Å². The number of nitrogens with one attached hydrogen (secondary N) is 2. The quantitative estimate of drug-likeness (QED) is 0.708. The highest BCUT2D eigenvalue weighted by Gasteiger charge is 2.14. The number of hydrogen-bond acceptors (Lipinski definition) is 3. The highest BCUT2D eigenvalue weighted by Crippen LogP contribution is 2.17. The number of carbonyl (C=O) groups excluding carboxylic acids is 1. The number of rotatable bonds is 6. The first-order valence-electron chi connectivity index (χ1n) is 8.36. The first-order chi connectivity index (χ1) is 11.9. The molecule has 0 aliphatic heterocycles. The Balaban J connectivity index is 1.51. The first kappa shape index (κ1) is 17.5. The molecule has 0 bridgehead atoms. The van der Waals surface area contributed by atoms with Gasteiger partial charge in [0.1, 0.15) is 5.82 Å². The van der Waals surface area contributed by atoms with E-state index in [1.807, 2.05) is 49.7 Å². The van der Waals surface area contributed by atoms with E-state index >= 15 is 0 Å². The Morgan fingerprint density at radius 3 is 2.88 bits per heavy atom. The van der Waals surface area contributed by atoms with Gasteiger partial charge < -0.3 is 10.3 Å². The molecule has 1 unspecified atom stereocenters. The van der Waals surface area contributed by atoms with E-state index in [0.29, 0.717) is 24.4 Å². The second-order valence-electron chi connectivity index (χ2n) is 6.37. The number of halogens is 1. The topological polar surface area (TPSA) is 75.6 Å². The van der Waals surface area contributed by atoms with Gasteiger partial charge in [0.15, 0.2) is 0 Å². The summed E-state index contributed by atoms with van der Waals surface area (Å²) in [6, 6.07) is 7.59. The summed E-state index contributed by atoms with van der Waals surface area (Å²) < 4.78 is 1.90. The SMILES string of the molecule is Cc1cc(C)n(C(C)CC(=O)NCCc2nc3ccc(Cl)cc3[nH]2)n1. The lowest BCUT2D eigenvalue weighted by atomic mass is 10.2. The Morgan fingerprint density at radius 2 is 2.16 bits per heavy atom. The Morgan fingerprint density at radius 1 is 1.36 bits per heavy atom. The van der Waals surface area contributed by atoms with E-state index in [0.717, 1.165) is 28.2 Å². The molecule has 0 aliphatic rings. The van der Waals surface area contributed by atoms with E-state index in [1.54, 1.807) is 0 Å². The minimum Gasteiger partial charge on any atom is -0.356 e. The number of hydrogen-bond donors (Lipinski definition) is 2. The molecule has 0 aliphatic carbocycles. The molecule has 2 heterocycles. The van der Waals surface area contributed by atoms with Crippen LogP contribution in [0.5, 0.6) is 0 Å². The number of aromatic amines is 1. The van der Waals surface area contributed by atoms with Crippen molar-refractivity contribution in [3.05, 3.63) is 46.5 Å². The van der Waals surface area contributed by atoms with Gasteiger partial charge in [-0.05, 0) is 45.0 Å². The second-order valence-corrected chi connectivity index (χ2v) is 6.81. The molecule has 2 N–H and O–H groups in total. The van der Waals surface area contributed by atoms with Crippen LogP contribution in [-0.2, 0) is 11.2 Å². The summed E-state index contributed by atoms with van der Waals surface area (Å²) in [4.78, 5) is 19.9. The van der Waals surface area contributed by atoms with Crippen molar-refractivity contribution in [3.8, 4) is 0 Å². The summed E-state index contributed by atoms with van der Waals surface area (Å²) in [5.41, 5.74) is 3.82. The summed E-state index contributed by atoms with van der Waals surface area (Å²) in [6.45, 7) is 6.50. The van der Waals surface area contributed by atoms with Gasteiger partial charge in [-0.25, -0.2) is 4.98 Å². The normalized spacial score (nSPS) is 12.5. The number of benzene rings is 1. The van der Waals surface area contributed by atoms with E-state index in [-0.39, 0.29) is 11.9 Å². The average molecular weight is 360 g/mol. The molecule has 1 amide bonds. The summed E-state index contributed by atoms with van der Waals surface area (Å²) in [5.74, 6) is 0.850. The van der Waals surface area contributed by atoms with Crippen LogP contribution in [0.1, 0.15) is 36.6 Å². The number of amides is 1. The number of H-pyrrole nitrogens is 1. The Bertz CT molecular complexity index is 898. The van der Waals surface area contributed by atoms with Gasteiger partial charge in [0.25, 0.3) is 0 Å². The predicted molar refractivity (Wildman–Crippen MR) is 98.8 cm³/mol. The van der Waals surface area contributed by atoms with Gasteiger partial charge in [0.05, 0.1) is 22.8 Å². The lowest BCUT2D eigenvalue weighted by Crippen LogP contribution is -2.28. The van der Waals surface area contributed by atoms with Crippen LogP contribution < -0.4 is 5.32 Å². The summed E-state index contributed by atoms with van der Waals surface area (Å²) in [5, 5.41) is 8.06. The number of imidazole rings is 1. The third kappa shape index (κ3) is 4.20. The van der Waals surface area contributed by atoms with E-state index in [4.69, 9.17) is 11.6 Å². The van der Waals surface area contributed by atoms with Crippen molar-refractivity contribution in [2.45, 2.75) is 39.7 Å². The zero-order chi connectivity index (χ0) is 18.0. The number of aryl methyl sites for hydroxylation is 2. The van der Waals surface area contributed by atoms with Crippen molar-refractivity contribution in [2.75, 3.05) is 6.54 Å². The molecule has 0 spiro atoms. The number of aromatic nitrogens is 4. The fraction of sp³-hybridized carbons (Fsp3) is 0.389. The van der Waals surface area contributed by atoms with Crippen molar-refractivity contribution in [1.29, 1.82) is 0 Å². The smallest absolute Gasteiger partial charge is 0.222 e. The van der Waals surface area contributed by atoms with E-state index in [1.165, 1.54) is 0 Å². The second kappa shape index (κ2) is 7.27. The van der Waals surface area contributed by atoms with Crippen LogP contribution in [0, 0.1) is 13.8 Å². The third-order valence-corrected chi connectivity index (χ3v) is 4.35. The molecular formula is C18H22ClN5O. The van der Waals surface area contributed by atoms with Crippen molar-refractivity contribution < 1.29 is 4.79 Å². The monoisotopic (exact) mass is 359 g/mol. The Labute approximate surface area is 151 Å². The highest BCUT2D eigenvalue weighted by atomic mass is 35.5. The number of nitrogens with zero attached hydrogens (tertiary/aromatic N) is 3. The standard InChI is InChI=1S/C18H22ClN5O/c1-11-8-12(2)24(23-11)13(3)9-18(25)20-7-6-17-21-15-5-4-14(19)10-16(15)22-17/h4-5,8,10,13H,6-7,9H2,1-3H3,(H,20,25)(H,21,22). The van der Waals surface area contributed by atoms with Gasteiger partial charge in [-0.15, -0.1) is 0 Å². The van der Waals surface area contributed by atoms with Crippen molar-refractivity contribution in [1.82, 2.24) is 25.1 Å². The maximum Gasteiger partial charge on any atom is 0.222 e. The zero-order valence-corrected chi connectivity index (χ0v) is 15.4. The fourth-order valence-corrected chi connectivity index (χ4v) is 3.16. The van der Waals surface area contributed by atoms with Gasteiger partial charge in [0.2, 0.25) is 5.91 Å². The van der Waals surface area contributed by atoms with E-state index in [2.05, 4.69) is 20.4 Å². The zero-order valence-electron chi connectivity index (χ0n) is 14.6. The van der Waals surface area contributed by atoms with Crippen LogP contribution in [0.4, 0.5) is 0 Å². The maximum atomic E-state index is 12.2. The summed E-state index contributed by atoms with van der Waals surface area (Å²) in [7, 11) is 0. The predicted octanol–water partition coefficient (Wildman–Crippen LogP) is 3.34. The maximum absolute atomic E-state index is 12.2. The van der Waals surface area contributed by atoms with Gasteiger partial charge in [-0.3, -0.25) is 9.48 Å². The molecule has 0 radical (unpaired) electrons. The van der Waals surface area contributed by atoms with Crippen LogP contribution in [0.15, 0.2) is 24.3 Å². The highest BCUT2D eigenvalue weighted by molar-refractivity contribution is 6.31. The molecule has 0 saturated heterocycles. The minimum absolute atomic E-state index is 0.0132. The van der Waals surface area contributed by atoms with Crippen LogP contribution in [0.3, 0.4) is 0 Å². The Kier molecular flexibility index (Phi) is 5.08. The fourth-order valence-electron chi connectivity index (χ4n) is 2.99. The molecule has 0 fully saturated rings. The van der Waals surface area contributed by atoms with Crippen LogP contribution in [-0.4, -0.2) is 32.2 Å². The van der Waals surface area contributed by atoms with Crippen molar-refractivity contribution in [3.63, 3.8) is 0 Å². The molecule has 132 valence electrons. The van der Waals surface area contributed by atoms with Crippen LogP contribution in [0.25, 0.3) is 11.0 Å². The molecule has 7 heteroatoms. The van der Waals surface area contributed by atoms with Gasteiger partial charge in [0, 0.05) is 30.1 Å². The van der Waals surface area contributed by atoms with Gasteiger partial charge in [-0.1, -0.05) is 11.6 Å². The largest absolute Gasteiger partial charge is 0.356 e. The van der Waals surface area contributed by atoms with E-state index in [9.17, 15) is 4.79 Å². The van der Waals surface area contributed by atoms with Gasteiger partial charge >= 0.3 is 0 Å². The molecule has 3 aromatic rings. The van der Waals surface area contributed by atoms with Crippen LogP contribution in [0.2, 0.25) is 5.02 Å². The lowest BCUT2D eigenvalue weighted by molar-refractivity contribution is -0.121. The molecule has 3 rings (SSSR count). The minimum atomic E-state index is 0.0132. The number of carbonyl (C=O) groups is 1. The molecule has 2 aromatic heterocycles. The lowest BCUT2D eigenvalue weighted by Gasteiger charge is -2.14. The third-order valence-electron chi connectivity index (χ3n) is 4.12. The number of fused-ring (bicyclic) bond motifs is 1. The Hall–Kier alpha value is -2.34. The molecule has 6 nitrogen and oxygen atoms in total. The van der Waals surface area contributed by atoms with Gasteiger partial charge in [-0.2, -0.15) is 5.10 Å². The van der Waals surface area contributed by atoms with E-state index < -0.39 is 0 Å². The first-order valence-corrected chi connectivity index (χ1v) is 8.74. The van der Waals surface area contributed by atoms with Crippen molar-refractivity contribution >= 4 is 28.5 Å².